The first kappa shape index (κ1) is 28.2. The molecule has 1 aliphatic heterocycles. The normalized spacial score (nSPS) is 13.9. The van der Waals surface area contributed by atoms with Crippen molar-refractivity contribution < 1.29 is 38.4 Å². The van der Waals surface area contributed by atoms with E-state index in [1.165, 1.54) is 12.1 Å². The number of benzene rings is 3. The lowest BCUT2D eigenvalue weighted by Crippen LogP contribution is -2.43. The van der Waals surface area contributed by atoms with Crippen molar-refractivity contribution in [1.82, 2.24) is 0 Å². The third kappa shape index (κ3) is 6.26. The van der Waals surface area contributed by atoms with Gasteiger partial charge in [-0.2, -0.15) is 0 Å². The Bertz CT molecular complexity index is 1580. The van der Waals surface area contributed by atoms with E-state index in [1.807, 2.05) is 26.0 Å². The Hall–Kier alpha value is -4.79. The summed E-state index contributed by atoms with van der Waals surface area (Å²) in [4.78, 5) is 35.1. The van der Waals surface area contributed by atoms with Crippen LogP contribution in [0.4, 0.5) is 0 Å². The predicted molar refractivity (Wildman–Crippen MR) is 147 cm³/mol. The summed E-state index contributed by atoms with van der Waals surface area (Å²) in [7, 11) is 0. The minimum absolute atomic E-state index is 0.0759. The van der Waals surface area contributed by atoms with Gasteiger partial charge < -0.3 is 28.8 Å². The Kier molecular flexibility index (Phi) is 8.13. The van der Waals surface area contributed by atoms with Gasteiger partial charge in [0.15, 0.2) is 0 Å². The van der Waals surface area contributed by atoms with Gasteiger partial charge in [0.2, 0.25) is 0 Å². The summed E-state index contributed by atoms with van der Waals surface area (Å²) in [6.07, 6.45) is 0.285. The number of phenols is 2. The van der Waals surface area contributed by atoms with Gasteiger partial charge in [0.05, 0.1) is 12.2 Å². The molecule has 1 aliphatic rings. The summed E-state index contributed by atoms with van der Waals surface area (Å²) in [6, 6.07) is 18.2. The minimum atomic E-state index is -0.820. The van der Waals surface area contributed by atoms with Crippen LogP contribution in [0.5, 0.6) is 17.2 Å². The Morgan fingerprint density at radius 2 is 1.73 bits per heavy atom. The fraction of sp³-hybridized carbons (Fsp3) is 0.258. The smallest absolute Gasteiger partial charge is 0.342 e. The molecule has 1 unspecified atom stereocenters. The van der Waals surface area contributed by atoms with E-state index < -0.39 is 17.2 Å². The molecule has 2 heterocycles. The van der Waals surface area contributed by atoms with E-state index in [9.17, 15) is 19.5 Å². The molecule has 5 rings (SSSR count). The average molecular weight is 547 g/mol. The molecule has 9 heteroatoms. The first-order chi connectivity index (χ1) is 19.0. The largest absolute Gasteiger partial charge is 0.508 e. The highest BCUT2D eigenvalue weighted by atomic mass is 16.6. The van der Waals surface area contributed by atoms with Crippen LogP contribution < -0.4 is 10.4 Å². The van der Waals surface area contributed by atoms with Crippen LogP contribution in [0.25, 0.3) is 11.0 Å². The van der Waals surface area contributed by atoms with Crippen molar-refractivity contribution in [3.63, 3.8) is 0 Å². The molecule has 0 radical (unpaired) electrons. The second-order valence-electron chi connectivity index (χ2n) is 9.80. The molecule has 0 amide bonds. The van der Waals surface area contributed by atoms with Crippen LogP contribution in [-0.4, -0.2) is 40.5 Å². The molecule has 0 spiro atoms. The number of aryl methyl sites for hydroxylation is 1. The average Bonchev–Trinajstić information content (AvgIpc) is 3.31. The first-order valence-corrected chi connectivity index (χ1v) is 12.7. The van der Waals surface area contributed by atoms with Gasteiger partial charge >= 0.3 is 17.6 Å². The fourth-order valence-electron chi connectivity index (χ4n) is 4.35. The van der Waals surface area contributed by atoms with Crippen molar-refractivity contribution in [2.24, 2.45) is 0 Å². The fourth-order valence-corrected chi connectivity index (χ4v) is 4.35. The molecule has 2 N–H and O–H groups in total. The molecule has 0 bridgehead atoms. The van der Waals surface area contributed by atoms with E-state index in [0.717, 1.165) is 17.0 Å². The summed E-state index contributed by atoms with van der Waals surface area (Å²) in [5.41, 5.74) is 1.35. The van der Waals surface area contributed by atoms with Gasteiger partial charge in [-0.1, -0.05) is 18.2 Å². The molecule has 0 fully saturated rings. The first-order valence-electron chi connectivity index (χ1n) is 12.7. The Labute approximate surface area is 230 Å². The van der Waals surface area contributed by atoms with Crippen molar-refractivity contribution in [2.45, 2.75) is 45.8 Å². The quantitative estimate of drug-likeness (QED) is 0.252. The Morgan fingerprint density at radius 1 is 1.00 bits per heavy atom. The van der Waals surface area contributed by atoms with Gasteiger partial charge in [-0.3, -0.25) is 0 Å². The molecule has 208 valence electrons. The maximum absolute atomic E-state index is 12.4. The summed E-state index contributed by atoms with van der Waals surface area (Å²) in [6.45, 7) is 7.23. The maximum Gasteiger partial charge on any atom is 0.342 e. The lowest BCUT2D eigenvalue weighted by molar-refractivity contribution is -0.0517. The standard InChI is InChI=1S/C21H18O5.C10H12O4/c1-21(2,26-20(23)13-6-4-3-5-7-13)18-11-15-10-14-8-9-19(22)25-16(14)12-17(15)24-18;1-3-14-10(13)9-6(2)4-7(11)5-8(9)12/h3-10,12,18H,11H2,1-2H3;4-5,11-12H,3H2,1-2H3. The highest BCUT2D eigenvalue weighted by Crippen LogP contribution is 2.37. The SMILES string of the molecule is CC(C)(OC(=O)c1ccccc1)C1Cc2cc3ccc(=O)oc3cc2O1.CCOC(=O)c1c(C)cc(O)cc1O. The predicted octanol–water partition coefficient (Wildman–Crippen LogP) is 5.32. The van der Waals surface area contributed by atoms with Crippen LogP contribution in [0.1, 0.15) is 52.6 Å². The summed E-state index contributed by atoms with van der Waals surface area (Å²) >= 11 is 0. The lowest BCUT2D eigenvalue weighted by atomic mass is 9.96. The maximum atomic E-state index is 12.4. The molecule has 0 aliphatic carbocycles. The molecule has 1 atom stereocenters. The van der Waals surface area contributed by atoms with E-state index in [1.54, 1.807) is 50.2 Å². The monoisotopic (exact) mass is 546 g/mol. The number of rotatable bonds is 5. The number of hydrogen-bond acceptors (Lipinski definition) is 9. The zero-order valence-electron chi connectivity index (χ0n) is 22.6. The number of esters is 2. The van der Waals surface area contributed by atoms with Crippen molar-refractivity contribution in [1.29, 1.82) is 0 Å². The van der Waals surface area contributed by atoms with Crippen molar-refractivity contribution >= 4 is 22.9 Å². The van der Waals surface area contributed by atoms with Crippen molar-refractivity contribution in [2.75, 3.05) is 6.61 Å². The molecule has 40 heavy (non-hydrogen) atoms. The third-order valence-electron chi connectivity index (χ3n) is 6.40. The van der Waals surface area contributed by atoms with Gasteiger partial charge in [0.1, 0.15) is 40.1 Å². The van der Waals surface area contributed by atoms with Gasteiger partial charge in [0, 0.05) is 30.0 Å². The van der Waals surface area contributed by atoms with Gasteiger partial charge in [-0.05, 0) is 69.2 Å². The van der Waals surface area contributed by atoms with Gasteiger partial charge in [0.25, 0.3) is 0 Å². The highest BCUT2D eigenvalue weighted by Gasteiger charge is 2.40. The Balaban J connectivity index is 0.000000224. The van der Waals surface area contributed by atoms with E-state index >= 15 is 0 Å². The van der Waals surface area contributed by atoms with Crippen molar-refractivity contribution in [3.8, 4) is 17.2 Å². The molecule has 4 aromatic rings. The molecule has 3 aromatic carbocycles. The number of carbonyl (C=O) groups is 2. The minimum Gasteiger partial charge on any atom is -0.508 e. The van der Waals surface area contributed by atoms with Crippen LogP contribution in [0.2, 0.25) is 0 Å². The molecular weight excluding hydrogens is 516 g/mol. The number of phenolic OH excluding ortho intramolecular Hbond substituents is 2. The summed E-state index contributed by atoms with van der Waals surface area (Å²) < 4.78 is 21.7. The number of ether oxygens (including phenoxy) is 3. The molecular formula is C31H30O9. The lowest BCUT2D eigenvalue weighted by Gasteiger charge is -2.30. The van der Waals surface area contributed by atoms with Crippen LogP contribution in [0.3, 0.4) is 0 Å². The number of fused-ring (bicyclic) bond motifs is 2. The van der Waals surface area contributed by atoms with E-state index in [-0.39, 0.29) is 35.7 Å². The zero-order valence-corrected chi connectivity index (χ0v) is 22.6. The van der Waals surface area contributed by atoms with E-state index in [2.05, 4.69) is 0 Å². The summed E-state index contributed by atoms with van der Waals surface area (Å²) in [5, 5.41) is 19.4. The molecule has 9 nitrogen and oxygen atoms in total. The van der Waals surface area contributed by atoms with Crippen molar-refractivity contribution in [3.05, 3.63) is 99.4 Å². The van der Waals surface area contributed by atoms with Crippen LogP contribution in [0, 0.1) is 6.92 Å². The topological polar surface area (TPSA) is 133 Å². The third-order valence-corrected chi connectivity index (χ3v) is 6.40. The van der Waals surface area contributed by atoms with Gasteiger partial charge in [-0.15, -0.1) is 0 Å². The number of aromatic hydroxyl groups is 2. The van der Waals surface area contributed by atoms with Crippen LogP contribution in [-0.2, 0) is 15.9 Å². The van der Waals surface area contributed by atoms with Crippen LogP contribution in [0.15, 0.2) is 75.9 Å². The molecule has 0 saturated heterocycles. The molecule has 1 aromatic heterocycles. The second-order valence-corrected chi connectivity index (χ2v) is 9.80. The van der Waals surface area contributed by atoms with E-state index in [0.29, 0.717) is 28.9 Å². The highest BCUT2D eigenvalue weighted by molar-refractivity contribution is 5.94. The number of hydrogen-bond donors (Lipinski definition) is 2. The Morgan fingerprint density at radius 3 is 2.40 bits per heavy atom. The van der Waals surface area contributed by atoms with Gasteiger partial charge in [-0.25, -0.2) is 14.4 Å². The van der Waals surface area contributed by atoms with E-state index in [4.69, 9.17) is 23.7 Å². The molecule has 0 saturated carbocycles. The van der Waals surface area contributed by atoms with Crippen LogP contribution >= 0.6 is 0 Å². The zero-order chi connectivity index (χ0) is 29.0. The number of carbonyl (C=O) groups excluding carboxylic acids is 2. The second kappa shape index (κ2) is 11.5. The summed E-state index contributed by atoms with van der Waals surface area (Å²) in [5.74, 6) is -0.650.